The van der Waals surface area contributed by atoms with Gasteiger partial charge in [0.2, 0.25) is 0 Å². The quantitative estimate of drug-likeness (QED) is 0.906. The summed E-state index contributed by atoms with van der Waals surface area (Å²) in [5.41, 5.74) is 6.86. The maximum atomic E-state index is 6.26. The Balaban J connectivity index is 1.58. The second-order valence-corrected chi connectivity index (χ2v) is 6.17. The average molecular weight is 291 g/mol. The van der Waals surface area contributed by atoms with Crippen LogP contribution >= 0.6 is 0 Å². The zero-order valence-electron chi connectivity index (χ0n) is 12.8. The van der Waals surface area contributed by atoms with Crippen LogP contribution in [0.2, 0.25) is 0 Å². The third-order valence-corrected chi connectivity index (χ3v) is 4.74. The minimum Gasteiger partial charge on any atom is -0.493 e. The second kappa shape index (κ2) is 6.24. The Hall–Kier alpha value is -1.26. The number of benzene rings is 1. The molecule has 1 saturated carbocycles. The van der Waals surface area contributed by atoms with Crippen molar-refractivity contribution in [3.05, 3.63) is 23.8 Å². The van der Waals surface area contributed by atoms with E-state index in [1.54, 1.807) is 7.11 Å². The molecule has 4 nitrogen and oxygen atoms in total. The minimum atomic E-state index is 0.168. The molecule has 1 atom stereocenters. The number of rotatable bonds is 5. The van der Waals surface area contributed by atoms with E-state index in [1.807, 2.05) is 18.2 Å². The molecule has 1 spiro atoms. The molecule has 2 N–H and O–H groups in total. The van der Waals surface area contributed by atoms with E-state index < -0.39 is 0 Å². The maximum Gasteiger partial charge on any atom is 0.161 e. The summed E-state index contributed by atoms with van der Waals surface area (Å²) in [4.78, 5) is 0. The molecule has 2 fully saturated rings. The molecule has 0 aromatic heterocycles. The van der Waals surface area contributed by atoms with Gasteiger partial charge >= 0.3 is 0 Å². The van der Waals surface area contributed by atoms with E-state index in [9.17, 15) is 0 Å². The highest BCUT2D eigenvalue weighted by atomic mass is 16.6. The Morgan fingerprint density at radius 3 is 2.76 bits per heavy atom. The summed E-state index contributed by atoms with van der Waals surface area (Å²) >= 11 is 0. The minimum absolute atomic E-state index is 0.168. The SMILES string of the molecule is COc1cc(CN)ccc1OCC1CCC2(CCCC2)O1. The van der Waals surface area contributed by atoms with Gasteiger partial charge in [0.1, 0.15) is 6.61 Å². The fourth-order valence-electron chi connectivity index (χ4n) is 3.54. The smallest absolute Gasteiger partial charge is 0.161 e. The van der Waals surface area contributed by atoms with E-state index in [0.717, 1.165) is 23.5 Å². The van der Waals surface area contributed by atoms with Crippen LogP contribution in [0.4, 0.5) is 0 Å². The molecule has 1 aliphatic carbocycles. The van der Waals surface area contributed by atoms with E-state index in [0.29, 0.717) is 13.2 Å². The highest BCUT2D eigenvalue weighted by Gasteiger charge is 2.42. The van der Waals surface area contributed by atoms with Gasteiger partial charge in [-0.2, -0.15) is 0 Å². The van der Waals surface area contributed by atoms with Crippen LogP contribution in [0.15, 0.2) is 18.2 Å². The predicted octanol–water partition coefficient (Wildman–Crippen LogP) is 3.02. The van der Waals surface area contributed by atoms with Crippen LogP contribution in [0.25, 0.3) is 0 Å². The molecule has 0 bridgehead atoms. The molecule has 3 rings (SSSR count). The summed E-state index contributed by atoms with van der Waals surface area (Å²) in [5, 5.41) is 0. The molecule has 1 heterocycles. The molecule has 1 saturated heterocycles. The first-order chi connectivity index (χ1) is 10.2. The molecule has 21 heavy (non-hydrogen) atoms. The van der Waals surface area contributed by atoms with Gasteiger partial charge in [-0.05, 0) is 43.4 Å². The molecule has 1 aromatic rings. The van der Waals surface area contributed by atoms with Crippen molar-refractivity contribution in [3.63, 3.8) is 0 Å². The van der Waals surface area contributed by atoms with E-state index in [-0.39, 0.29) is 11.7 Å². The van der Waals surface area contributed by atoms with Crippen molar-refractivity contribution in [2.24, 2.45) is 5.73 Å². The fraction of sp³-hybridized carbons (Fsp3) is 0.647. The first kappa shape index (κ1) is 14.7. The molecule has 2 aliphatic rings. The summed E-state index contributed by atoms with van der Waals surface area (Å²) in [7, 11) is 1.65. The summed E-state index contributed by atoms with van der Waals surface area (Å²) in [6, 6.07) is 5.84. The van der Waals surface area contributed by atoms with E-state index in [1.165, 1.54) is 32.1 Å². The zero-order valence-corrected chi connectivity index (χ0v) is 12.8. The number of hydrogen-bond acceptors (Lipinski definition) is 4. The molecule has 0 radical (unpaired) electrons. The van der Waals surface area contributed by atoms with E-state index in [4.69, 9.17) is 19.9 Å². The number of methoxy groups -OCH3 is 1. The van der Waals surface area contributed by atoms with Crippen molar-refractivity contribution < 1.29 is 14.2 Å². The Labute approximate surface area is 126 Å². The fourth-order valence-corrected chi connectivity index (χ4v) is 3.54. The van der Waals surface area contributed by atoms with Crippen LogP contribution in [-0.4, -0.2) is 25.4 Å². The molecule has 0 amide bonds. The molecule has 116 valence electrons. The van der Waals surface area contributed by atoms with Crippen molar-refractivity contribution in [2.45, 2.75) is 56.8 Å². The van der Waals surface area contributed by atoms with E-state index in [2.05, 4.69) is 0 Å². The Morgan fingerprint density at radius 2 is 2.05 bits per heavy atom. The first-order valence-corrected chi connectivity index (χ1v) is 7.92. The van der Waals surface area contributed by atoms with Crippen LogP contribution in [-0.2, 0) is 11.3 Å². The molecular weight excluding hydrogens is 266 g/mol. The number of ether oxygens (including phenoxy) is 3. The largest absolute Gasteiger partial charge is 0.493 e. The standard InChI is InChI=1S/C17H25NO3/c1-19-16-10-13(11-18)4-5-15(16)20-12-14-6-9-17(21-14)7-2-3-8-17/h4-5,10,14H,2-3,6-9,11-12,18H2,1H3. The van der Waals surface area contributed by atoms with Crippen molar-refractivity contribution in [3.8, 4) is 11.5 Å². The maximum absolute atomic E-state index is 6.26. The highest BCUT2D eigenvalue weighted by Crippen LogP contribution is 2.43. The summed E-state index contributed by atoms with van der Waals surface area (Å²) in [6.07, 6.45) is 7.55. The van der Waals surface area contributed by atoms with Gasteiger partial charge in [0, 0.05) is 6.54 Å². The van der Waals surface area contributed by atoms with Crippen LogP contribution in [0.3, 0.4) is 0 Å². The van der Waals surface area contributed by atoms with Crippen LogP contribution in [0, 0.1) is 0 Å². The lowest BCUT2D eigenvalue weighted by atomic mass is 9.98. The summed E-state index contributed by atoms with van der Waals surface area (Å²) in [6.45, 7) is 1.10. The third-order valence-electron chi connectivity index (χ3n) is 4.74. The highest BCUT2D eigenvalue weighted by molar-refractivity contribution is 5.42. The Morgan fingerprint density at radius 1 is 1.24 bits per heavy atom. The van der Waals surface area contributed by atoms with Crippen molar-refractivity contribution >= 4 is 0 Å². The zero-order chi connectivity index (χ0) is 14.7. The molecule has 1 aromatic carbocycles. The van der Waals surface area contributed by atoms with Crippen LogP contribution in [0.5, 0.6) is 11.5 Å². The Bertz CT molecular complexity index is 483. The lowest BCUT2D eigenvalue weighted by molar-refractivity contribution is -0.0510. The van der Waals surface area contributed by atoms with Gasteiger partial charge in [0.15, 0.2) is 11.5 Å². The lowest BCUT2D eigenvalue weighted by Crippen LogP contribution is -2.27. The summed E-state index contributed by atoms with van der Waals surface area (Å²) in [5.74, 6) is 1.51. The summed E-state index contributed by atoms with van der Waals surface area (Å²) < 4.78 is 17.6. The topological polar surface area (TPSA) is 53.7 Å². The predicted molar refractivity (Wildman–Crippen MR) is 81.7 cm³/mol. The van der Waals surface area contributed by atoms with Gasteiger partial charge in [0.05, 0.1) is 18.8 Å². The van der Waals surface area contributed by atoms with Crippen LogP contribution < -0.4 is 15.2 Å². The number of nitrogens with two attached hydrogens (primary N) is 1. The van der Waals surface area contributed by atoms with Gasteiger partial charge in [-0.3, -0.25) is 0 Å². The van der Waals surface area contributed by atoms with Gasteiger partial charge in [0.25, 0.3) is 0 Å². The van der Waals surface area contributed by atoms with Crippen molar-refractivity contribution in [1.82, 2.24) is 0 Å². The average Bonchev–Trinajstić information content (AvgIpc) is 3.15. The molecule has 4 heteroatoms. The molecule has 1 aliphatic heterocycles. The molecular formula is C17H25NO3. The second-order valence-electron chi connectivity index (χ2n) is 6.17. The van der Waals surface area contributed by atoms with Crippen molar-refractivity contribution in [1.29, 1.82) is 0 Å². The third kappa shape index (κ3) is 3.16. The van der Waals surface area contributed by atoms with Gasteiger partial charge in [-0.1, -0.05) is 18.9 Å². The number of hydrogen-bond donors (Lipinski definition) is 1. The van der Waals surface area contributed by atoms with Gasteiger partial charge in [-0.25, -0.2) is 0 Å². The normalized spacial score (nSPS) is 23.6. The first-order valence-electron chi connectivity index (χ1n) is 7.92. The van der Waals surface area contributed by atoms with Crippen molar-refractivity contribution in [2.75, 3.05) is 13.7 Å². The lowest BCUT2D eigenvalue weighted by Gasteiger charge is -2.24. The van der Waals surface area contributed by atoms with Gasteiger partial charge in [-0.15, -0.1) is 0 Å². The monoisotopic (exact) mass is 291 g/mol. The molecule has 1 unspecified atom stereocenters. The van der Waals surface area contributed by atoms with Gasteiger partial charge < -0.3 is 19.9 Å². The van der Waals surface area contributed by atoms with Crippen LogP contribution in [0.1, 0.15) is 44.1 Å². The Kier molecular flexibility index (Phi) is 4.36. The van der Waals surface area contributed by atoms with E-state index >= 15 is 0 Å².